The molecule has 0 amide bonds. The van der Waals surface area contributed by atoms with Gasteiger partial charge in [0.2, 0.25) is 5.43 Å². The van der Waals surface area contributed by atoms with Crippen LogP contribution in [0, 0.1) is 12.7 Å². The van der Waals surface area contributed by atoms with Crippen molar-refractivity contribution >= 4 is 0 Å². The van der Waals surface area contributed by atoms with Crippen LogP contribution in [0.5, 0.6) is 5.75 Å². The predicted molar refractivity (Wildman–Crippen MR) is 64.5 cm³/mol. The molecule has 0 aliphatic rings. The third-order valence-electron chi connectivity index (χ3n) is 2.65. The van der Waals surface area contributed by atoms with Crippen LogP contribution in [-0.4, -0.2) is 5.11 Å². The quantitative estimate of drug-likeness (QED) is 0.817. The summed E-state index contributed by atoms with van der Waals surface area (Å²) in [4.78, 5) is 11.5. The molecule has 0 aromatic heterocycles. The zero-order valence-corrected chi connectivity index (χ0v) is 9.27. The number of aromatic hydroxyl groups is 1. The average Bonchev–Trinajstić information content (AvgIpc) is 2.46. The molecule has 0 saturated carbocycles. The summed E-state index contributed by atoms with van der Waals surface area (Å²) in [7, 11) is 0. The van der Waals surface area contributed by atoms with Crippen molar-refractivity contribution in [1.29, 1.82) is 0 Å². The molecule has 2 aromatic carbocycles. The Morgan fingerprint density at radius 3 is 2.59 bits per heavy atom. The summed E-state index contributed by atoms with van der Waals surface area (Å²) < 4.78 is 13.4. The summed E-state index contributed by atoms with van der Waals surface area (Å²) in [6, 6.07) is 10.6. The Morgan fingerprint density at radius 1 is 1.12 bits per heavy atom. The second kappa shape index (κ2) is 4.37. The van der Waals surface area contributed by atoms with Crippen LogP contribution in [0.4, 0.5) is 4.39 Å². The fraction of sp³-hybridized carbons (Fsp3) is 0.0714. The molecule has 0 aliphatic heterocycles. The topological polar surface area (TPSA) is 37.3 Å². The maximum Gasteiger partial charge on any atom is 0.220 e. The van der Waals surface area contributed by atoms with Crippen LogP contribution in [0.25, 0.3) is 11.1 Å². The van der Waals surface area contributed by atoms with Gasteiger partial charge in [0.1, 0.15) is 5.82 Å². The van der Waals surface area contributed by atoms with E-state index in [0.717, 1.165) is 0 Å². The second-order valence-corrected chi connectivity index (χ2v) is 3.79. The molecule has 0 atom stereocenters. The van der Waals surface area contributed by atoms with Gasteiger partial charge in [0.25, 0.3) is 0 Å². The second-order valence-electron chi connectivity index (χ2n) is 3.79. The van der Waals surface area contributed by atoms with Gasteiger partial charge in [-0.3, -0.25) is 4.79 Å². The number of rotatable bonds is 1. The Balaban J connectivity index is 2.70. The molecule has 1 N–H and O–H groups in total. The minimum atomic E-state index is -0.478. The summed E-state index contributed by atoms with van der Waals surface area (Å²) >= 11 is 0. The molecular weight excluding hydrogens is 219 g/mol. The van der Waals surface area contributed by atoms with Crippen molar-refractivity contribution in [2.45, 2.75) is 6.92 Å². The van der Waals surface area contributed by atoms with Crippen LogP contribution in [0.2, 0.25) is 0 Å². The smallest absolute Gasteiger partial charge is 0.220 e. The predicted octanol–water partition coefficient (Wildman–Crippen LogP) is 2.87. The first kappa shape index (κ1) is 11.3. The number of hydrogen-bond donors (Lipinski definition) is 1. The lowest BCUT2D eigenvalue weighted by molar-refractivity contribution is 0.471. The molecule has 0 bridgehead atoms. The van der Waals surface area contributed by atoms with E-state index >= 15 is 0 Å². The summed E-state index contributed by atoms with van der Waals surface area (Å²) in [6.45, 7) is 1.65. The standard InChI is InChI=1S/C14H11FO2/c1-9-11(5-3-6-12(9)15)10-4-2-7-13(16)14(17)8-10/h2-8H,1H3,(H,16,17). The zero-order chi connectivity index (χ0) is 12.4. The molecule has 0 spiro atoms. The largest absolute Gasteiger partial charge is 0.504 e. The van der Waals surface area contributed by atoms with E-state index in [1.165, 1.54) is 18.2 Å². The van der Waals surface area contributed by atoms with Gasteiger partial charge < -0.3 is 5.11 Å². The van der Waals surface area contributed by atoms with Gasteiger partial charge in [-0.25, -0.2) is 4.39 Å². The molecule has 17 heavy (non-hydrogen) atoms. The van der Waals surface area contributed by atoms with Gasteiger partial charge in [0.15, 0.2) is 5.75 Å². The monoisotopic (exact) mass is 230 g/mol. The Bertz CT molecular complexity index is 621. The first-order valence-corrected chi connectivity index (χ1v) is 5.18. The van der Waals surface area contributed by atoms with Crippen LogP contribution in [0.15, 0.2) is 47.3 Å². The molecule has 3 heteroatoms. The van der Waals surface area contributed by atoms with E-state index in [4.69, 9.17) is 0 Å². The highest BCUT2D eigenvalue weighted by atomic mass is 19.1. The Labute approximate surface area is 98.0 Å². The van der Waals surface area contributed by atoms with E-state index < -0.39 is 5.43 Å². The van der Waals surface area contributed by atoms with E-state index in [1.807, 2.05) is 0 Å². The van der Waals surface area contributed by atoms with Gasteiger partial charge in [-0.15, -0.1) is 0 Å². The highest BCUT2D eigenvalue weighted by Gasteiger charge is 2.06. The van der Waals surface area contributed by atoms with Crippen molar-refractivity contribution in [3.05, 3.63) is 64.1 Å². The summed E-state index contributed by atoms with van der Waals surface area (Å²) in [6.07, 6.45) is 0. The highest BCUT2D eigenvalue weighted by Crippen LogP contribution is 2.23. The van der Waals surface area contributed by atoms with Crippen molar-refractivity contribution in [2.75, 3.05) is 0 Å². The molecule has 0 fully saturated rings. The number of halogens is 1. The number of benzene rings is 1. The normalized spacial score (nSPS) is 10.2. The van der Waals surface area contributed by atoms with Crippen molar-refractivity contribution in [3.8, 4) is 16.9 Å². The van der Waals surface area contributed by atoms with Gasteiger partial charge in [-0.2, -0.15) is 0 Å². The summed E-state index contributed by atoms with van der Waals surface area (Å²) in [5.41, 5.74) is 1.25. The molecule has 0 heterocycles. The molecule has 0 saturated heterocycles. The van der Waals surface area contributed by atoms with E-state index in [2.05, 4.69) is 0 Å². The average molecular weight is 230 g/mol. The van der Waals surface area contributed by atoms with Gasteiger partial charge in [-0.1, -0.05) is 24.3 Å². The van der Waals surface area contributed by atoms with Gasteiger partial charge in [-0.05, 0) is 41.8 Å². The van der Waals surface area contributed by atoms with Crippen molar-refractivity contribution in [2.24, 2.45) is 0 Å². The van der Waals surface area contributed by atoms with E-state index in [1.54, 1.807) is 31.2 Å². The third kappa shape index (κ3) is 2.18. The lowest BCUT2D eigenvalue weighted by Gasteiger charge is -2.04. The zero-order valence-electron chi connectivity index (χ0n) is 9.27. The minimum absolute atomic E-state index is 0.314. The van der Waals surface area contributed by atoms with E-state index in [-0.39, 0.29) is 11.6 Å². The summed E-state index contributed by atoms with van der Waals surface area (Å²) in [5, 5.41) is 9.29. The van der Waals surface area contributed by atoms with Crippen LogP contribution >= 0.6 is 0 Å². The van der Waals surface area contributed by atoms with Gasteiger partial charge in [0, 0.05) is 0 Å². The Kier molecular flexibility index (Phi) is 2.91. The molecule has 2 rings (SSSR count). The van der Waals surface area contributed by atoms with E-state index in [0.29, 0.717) is 16.7 Å². The van der Waals surface area contributed by atoms with Crippen molar-refractivity contribution < 1.29 is 9.50 Å². The molecule has 2 aromatic rings. The Morgan fingerprint density at radius 2 is 1.82 bits per heavy atom. The number of hydrogen-bond acceptors (Lipinski definition) is 2. The lowest BCUT2D eigenvalue weighted by atomic mass is 10.0. The first-order chi connectivity index (χ1) is 8.09. The van der Waals surface area contributed by atoms with Gasteiger partial charge >= 0.3 is 0 Å². The SMILES string of the molecule is Cc1c(F)cccc1-c1cccc(O)c(=O)c1. The van der Waals surface area contributed by atoms with Crippen molar-refractivity contribution in [1.82, 2.24) is 0 Å². The van der Waals surface area contributed by atoms with E-state index in [9.17, 15) is 14.3 Å². The molecular formula is C14H11FO2. The molecule has 2 nitrogen and oxygen atoms in total. The van der Waals surface area contributed by atoms with Crippen LogP contribution < -0.4 is 5.43 Å². The first-order valence-electron chi connectivity index (χ1n) is 5.18. The summed E-state index contributed by atoms with van der Waals surface area (Å²) in [5.74, 6) is -0.629. The van der Waals surface area contributed by atoms with Crippen LogP contribution in [0.3, 0.4) is 0 Å². The fourth-order valence-electron chi connectivity index (χ4n) is 1.68. The molecule has 86 valence electrons. The maximum atomic E-state index is 13.4. The fourth-order valence-corrected chi connectivity index (χ4v) is 1.68. The lowest BCUT2D eigenvalue weighted by Crippen LogP contribution is -1.95. The van der Waals surface area contributed by atoms with Crippen molar-refractivity contribution in [3.63, 3.8) is 0 Å². The maximum absolute atomic E-state index is 13.4. The van der Waals surface area contributed by atoms with Crippen LogP contribution in [-0.2, 0) is 0 Å². The highest BCUT2D eigenvalue weighted by molar-refractivity contribution is 5.67. The molecule has 0 aliphatic carbocycles. The molecule has 0 unspecified atom stereocenters. The van der Waals surface area contributed by atoms with Crippen LogP contribution in [0.1, 0.15) is 5.56 Å². The van der Waals surface area contributed by atoms with Gasteiger partial charge in [0.05, 0.1) is 0 Å². The third-order valence-corrected chi connectivity index (χ3v) is 2.65. The Hall–Kier alpha value is -2.16. The molecule has 0 radical (unpaired) electrons. The minimum Gasteiger partial charge on any atom is -0.504 e.